The lowest BCUT2D eigenvalue weighted by atomic mass is 10.2. The van der Waals surface area contributed by atoms with Crippen LogP contribution in [0, 0.1) is 0 Å². The highest BCUT2D eigenvalue weighted by Gasteiger charge is 2.32. The smallest absolute Gasteiger partial charge is 0.344 e. The lowest BCUT2D eigenvalue weighted by Crippen LogP contribution is -2.45. The summed E-state index contributed by atoms with van der Waals surface area (Å²) in [5.41, 5.74) is -0.720. The molecule has 24 heavy (non-hydrogen) atoms. The molecule has 5 nitrogen and oxygen atoms in total. The number of likely N-dealkylation sites (N-methyl/N-ethyl adjacent to an activating group) is 2. The van der Waals surface area contributed by atoms with Gasteiger partial charge in [-0.1, -0.05) is 25.2 Å². The average molecular weight is 345 g/mol. The number of nitrogens with zero attached hydrogens (tertiary/aromatic N) is 2. The number of allylic oxidation sites excluding steroid dienone is 5. The minimum Gasteiger partial charge on any atom is -0.344 e. The number of alkyl halides is 3. The maximum atomic E-state index is 12.8. The van der Waals surface area contributed by atoms with Crippen LogP contribution >= 0.6 is 0 Å². The van der Waals surface area contributed by atoms with Gasteiger partial charge in [0, 0.05) is 32.4 Å². The van der Waals surface area contributed by atoms with Crippen molar-refractivity contribution in [3.8, 4) is 0 Å². The van der Waals surface area contributed by atoms with Crippen molar-refractivity contribution in [1.82, 2.24) is 15.1 Å². The number of carbonyl (C=O) groups excluding carboxylic acids is 2. The van der Waals surface area contributed by atoms with Crippen LogP contribution in [0.4, 0.5) is 18.0 Å². The van der Waals surface area contributed by atoms with Gasteiger partial charge in [-0.05, 0) is 18.9 Å². The Bertz CT molecular complexity index is 553. The van der Waals surface area contributed by atoms with Crippen LogP contribution in [0.3, 0.4) is 0 Å². The van der Waals surface area contributed by atoms with Gasteiger partial charge in [0.15, 0.2) is 0 Å². The van der Waals surface area contributed by atoms with Gasteiger partial charge in [0.2, 0.25) is 6.41 Å². The highest BCUT2D eigenvalue weighted by Crippen LogP contribution is 2.28. The SMILES string of the molecule is CCC(CN(C)C(=O)NC1=CCC=CC(C(F)(F)F)=C1)N(C)C=O. The van der Waals surface area contributed by atoms with Gasteiger partial charge in [-0.25, -0.2) is 4.79 Å². The Kier molecular flexibility index (Phi) is 7.06. The molecule has 0 saturated heterocycles. The maximum absolute atomic E-state index is 12.8. The number of nitrogens with one attached hydrogen (secondary N) is 1. The Morgan fingerprint density at radius 3 is 2.62 bits per heavy atom. The summed E-state index contributed by atoms with van der Waals surface area (Å²) < 4.78 is 38.5. The summed E-state index contributed by atoms with van der Waals surface area (Å²) >= 11 is 0. The Hall–Kier alpha value is -2.25. The first-order chi connectivity index (χ1) is 11.2. The molecule has 3 amide bonds. The molecule has 1 atom stereocenters. The first-order valence-corrected chi connectivity index (χ1v) is 7.54. The van der Waals surface area contributed by atoms with E-state index in [1.54, 1.807) is 7.05 Å². The molecule has 0 spiro atoms. The van der Waals surface area contributed by atoms with Crippen molar-refractivity contribution >= 4 is 12.4 Å². The van der Waals surface area contributed by atoms with E-state index in [-0.39, 0.29) is 18.3 Å². The largest absolute Gasteiger partial charge is 0.416 e. The third-order valence-electron chi connectivity index (χ3n) is 3.71. The normalized spacial score (nSPS) is 15.8. The third kappa shape index (κ3) is 5.75. The molecule has 8 heteroatoms. The van der Waals surface area contributed by atoms with E-state index in [2.05, 4.69) is 5.32 Å². The van der Waals surface area contributed by atoms with E-state index < -0.39 is 17.8 Å². The predicted octanol–water partition coefficient (Wildman–Crippen LogP) is 2.83. The lowest BCUT2D eigenvalue weighted by Gasteiger charge is -2.28. The molecule has 0 aromatic carbocycles. The second-order valence-electron chi connectivity index (χ2n) is 5.54. The molecule has 1 unspecified atom stereocenters. The lowest BCUT2D eigenvalue weighted by molar-refractivity contribution is -0.119. The van der Waals surface area contributed by atoms with Gasteiger partial charge in [0.05, 0.1) is 5.57 Å². The molecule has 134 valence electrons. The van der Waals surface area contributed by atoms with Crippen molar-refractivity contribution in [3.05, 3.63) is 35.6 Å². The van der Waals surface area contributed by atoms with Gasteiger partial charge in [0.25, 0.3) is 0 Å². The van der Waals surface area contributed by atoms with Crippen molar-refractivity contribution in [3.63, 3.8) is 0 Å². The Labute approximate surface area is 139 Å². The van der Waals surface area contributed by atoms with Crippen molar-refractivity contribution in [2.45, 2.75) is 32.0 Å². The Balaban J connectivity index is 2.76. The predicted molar refractivity (Wildman–Crippen MR) is 85.0 cm³/mol. The van der Waals surface area contributed by atoms with Crippen molar-refractivity contribution in [2.75, 3.05) is 20.6 Å². The second kappa shape index (κ2) is 8.56. The summed E-state index contributed by atoms with van der Waals surface area (Å²) in [7, 11) is 3.14. The van der Waals surface area contributed by atoms with Crippen LogP contribution in [0.15, 0.2) is 35.6 Å². The number of halogens is 3. The number of amides is 3. The first-order valence-electron chi connectivity index (χ1n) is 7.54. The van der Waals surface area contributed by atoms with Gasteiger partial charge in [-0.2, -0.15) is 13.2 Å². The summed E-state index contributed by atoms with van der Waals surface area (Å²) in [5.74, 6) is 0. The van der Waals surface area contributed by atoms with Crippen LogP contribution in [0.2, 0.25) is 0 Å². The molecule has 1 rings (SSSR count). The highest BCUT2D eigenvalue weighted by atomic mass is 19.4. The Morgan fingerprint density at radius 1 is 1.42 bits per heavy atom. The number of hydrogen-bond donors (Lipinski definition) is 1. The topological polar surface area (TPSA) is 52.7 Å². The van der Waals surface area contributed by atoms with E-state index in [9.17, 15) is 22.8 Å². The van der Waals surface area contributed by atoms with E-state index in [0.29, 0.717) is 19.3 Å². The van der Waals surface area contributed by atoms with E-state index in [1.165, 1.54) is 29.0 Å². The molecule has 0 heterocycles. The molecule has 0 aromatic heterocycles. The molecule has 0 aliphatic heterocycles. The summed E-state index contributed by atoms with van der Waals surface area (Å²) in [4.78, 5) is 25.8. The van der Waals surface area contributed by atoms with Gasteiger partial charge < -0.3 is 15.1 Å². The molecule has 1 aliphatic carbocycles. The number of rotatable bonds is 6. The molecule has 0 aromatic rings. The molecule has 1 N–H and O–H groups in total. The second-order valence-corrected chi connectivity index (χ2v) is 5.54. The minimum atomic E-state index is -4.48. The van der Waals surface area contributed by atoms with E-state index in [0.717, 1.165) is 12.2 Å². The third-order valence-corrected chi connectivity index (χ3v) is 3.71. The van der Waals surface area contributed by atoms with E-state index in [1.807, 2.05) is 6.92 Å². The van der Waals surface area contributed by atoms with Crippen LogP contribution in [0.5, 0.6) is 0 Å². The van der Waals surface area contributed by atoms with Crippen molar-refractivity contribution in [2.24, 2.45) is 0 Å². The van der Waals surface area contributed by atoms with Crippen LogP contribution in [0.25, 0.3) is 0 Å². The Morgan fingerprint density at radius 2 is 2.08 bits per heavy atom. The monoisotopic (exact) mass is 345 g/mol. The zero-order valence-electron chi connectivity index (χ0n) is 13.9. The molecule has 0 radical (unpaired) electrons. The minimum absolute atomic E-state index is 0.0981. The van der Waals surface area contributed by atoms with Crippen LogP contribution in [0.1, 0.15) is 19.8 Å². The van der Waals surface area contributed by atoms with Gasteiger partial charge in [0.1, 0.15) is 0 Å². The quantitative estimate of drug-likeness (QED) is 0.753. The molecule has 0 saturated carbocycles. The fraction of sp³-hybridized carbons (Fsp3) is 0.500. The molecule has 1 aliphatic rings. The molecular weight excluding hydrogens is 323 g/mol. The summed E-state index contributed by atoms with van der Waals surface area (Å²) in [6.45, 7) is 2.16. The molecular formula is C16H22F3N3O2. The van der Waals surface area contributed by atoms with Gasteiger partial charge >= 0.3 is 12.2 Å². The summed E-state index contributed by atoms with van der Waals surface area (Å²) in [6, 6.07) is -0.692. The van der Waals surface area contributed by atoms with Crippen LogP contribution in [-0.2, 0) is 4.79 Å². The number of hydrogen-bond acceptors (Lipinski definition) is 2. The highest BCUT2D eigenvalue weighted by molar-refractivity contribution is 5.76. The summed E-state index contributed by atoms with van der Waals surface area (Å²) in [5, 5.41) is 2.47. The van der Waals surface area contributed by atoms with E-state index in [4.69, 9.17) is 0 Å². The van der Waals surface area contributed by atoms with Crippen LogP contribution < -0.4 is 5.32 Å². The summed E-state index contributed by atoms with van der Waals surface area (Å²) in [6.07, 6.45) is 1.94. The van der Waals surface area contributed by atoms with Gasteiger partial charge in [-0.3, -0.25) is 4.79 Å². The van der Waals surface area contributed by atoms with Crippen molar-refractivity contribution in [1.29, 1.82) is 0 Å². The fourth-order valence-corrected chi connectivity index (χ4v) is 2.18. The zero-order chi connectivity index (χ0) is 18.3. The maximum Gasteiger partial charge on any atom is 0.416 e. The standard InChI is InChI=1S/C16H22F3N3O2/c1-4-14(22(3)11-23)10-21(2)15(24)20-13-8-6-5-7-12(9-13)16(17,18)19/h5,7-9,11,14H,4,6,10H2,1-3H3,(H,20,24). The van der Waals surface area contributed by atoms with Gasteiger partial charge in [-0.15, -0.1) is 0 Å². The fourth-order valence-electron chi connectivity index (χ4n) is 2.18. The van der Waals surface area contributed by atoms with Crippen LogP contribution in [-0.4, -0.2) is 55.1 Å². The molecule has 0 bridgehead atoms. The molecule has 0 fully saturated rings. The van der Waals surface area contributed by atoms with Crippen molar-refractivity contribution < 1.29 is 22.8 Å². The average Bonchev–Trinajstić information content (AvgIpc) is 2.76. The van der Waals surface area contributed by atoms with E-state index >= 15 is 0 Å². The number of urea groups is 1. The zero-order valence-corrected chi connectivity index (χ0v) is 13.9. The number of carbonyl (C=O) groups is 2. The first kappa shape index (κ1) is 19.8.